The smallest absolute Gasteiger partial charge is 0.160 e. The molecule has 4 aromatic rings. The van der Waals surface area contributed by atoms with E-state index in [1.807, 2.05) is 35.1 Å². The summed E-state index contributed by atoms with van der Waals surface area (Å²) >= 11 is 0. The maximum atomic E-state index is 5.54. The summed E-state index contributed by atoms with van der Waals surface area (Å²) in [5.74, 6) is 0.588. The van der Waals surface area contributed by atoms with Crippen LogP contribution < -0.4 is 11.1 Å². The number of benzene rings is 1. The number of amidine groups is 1. The number of fused-ring (bicyclic) bond motifs is 2. The largest absolute Gasteiger partial charge is 0.404 e. The molecular weight excluding hydrogens is 342 g/mol. The predicted octanol–water partition coefficient (Wildman–Crippen LogP) is 2.76. The monoisotopic (exact) mass is 361 g/mol. The molecule has 136 valence electrons. The first-order valence-electron chi connectivity index (χ1n) is 8.37. The van der Waals surface area contributed by atoms with Gasteiger partial charge in [-0.25, -0.2) is 9.98 Å². The van der Waals surface area contributed by atoms with Crippen molar-refractivity contribution in [2.45, 2.75) is 0 Å². The van der Waals surface area contributed by atoms with E-state index in [1.54, 1.807) is 19.4 Å². The number of aliphatic imine (C=N–C) groups is 1. The van der Waals surface area contributed by atoms with Gasteiger partial charge in [0.2, 0.25) is 0 Å². The van der Waals surface area contributed by atoms with E-state index in [1.165, 1.54) is 6.20 Å². The summed E-state index contributed by atoms with van der Waals surface area (Å²) < 4.78 is 6.99. The predicted molar refractivity (Wildman–Crippen MR) is 107 cm³/mol. The average Bonchev–Trinajstić information content (AvgIpc) is 3.34. The summed E-state index contributed by atoms with van der Waals surface area (Å²) in [6, 6.07) is 8.22. The number of nitrogens with zero attached hydrogens (tertiary/aromatic N) is 4. The Morgan fingerprint density at radius 1 is 1.37 bits per heavy atom. The van der Waals surface area contributed by atoms with Gasteiger partial charge in [-0.2, -0.15) is 5.10 Å². The molecular formula is C19H19N7O. The number of nitrogens with two attached hydrogens (primary N) is 1. The highest BCUT2D eigenvalue weighted by atomic mass is 16.5. The van der Waals surface area contributed by atoms with Crippen LogP contribution in [0.1, 0.15) is 0 Å². The van der Waals surface area contributed by atoms with Gasteiger partial charge in [-0.15, -0.1) is 0 Å². The number of anilines is 1. The topological polar surface area (TPSA) is 106 Å². The Kier molecular flexibility index (Phi) is 4.54. The molecule has 8 nitrogen and oxygen atoms in total. The molecule has 0 saturated heterocycles. The maximum Gasteiger partial charge on any atom is 0.160 e. The van der Waals surface area contributed by atoms with Crippen molar-refractivity contribution < 1.29 is 4.74 Å². The molecule has 0 spiro atoms. The van der Waals surface area contributed by atoms with E-state index in [0.717, 1.165) is 33.4 Å². The molecule has 0 radical (unpaired) electrons. The highest BCUT2D eigenvalue weighted by Gasteiger charge is 2.09. The standard InChI is InChI=1S/C19H19N7O/c1-27-12-22-18(4-5-20)24-17-9-15(11-26-7-6-21-19(17)26)13-2-3-14-10-23-25-16(14)8-13/h2-11H,12,20H2,1H3,(H,22,24)(H,23,25)/b5-4-. The van der Waals surface area contributed by atoms with Gasteiger partial charge in [-0.3, -0.25) is 5.10 Å². The first-order chi connectivity index (χ1) is 13.3. The van der Waals surface area contributed by atoms with Crippen LogP contribution in [-0.4, -0.2) is 39.3 Å². The van der Waals surface area contributed by atoms with E-state index < -0.39 is 0 Å². The molecule has 0 fully saturated rings. The van der Waals surface area contributed by atoms with Crippen molar-refractivity contribution in [2.75, 3.05) is 19.2 Å². The van der Waals surface area contributed by atoms with Crippen LogP contribution in [0.15, 0.2) is 66.3 Å². The van der Waals surface area contributed by atoms with Crippen molar-refractivity contribution >= 4 is 28.1 Å². The summed E-state index contributed by atoms with van der Waals surface area (Å²) in [5.41, 5.74) is 10.2. The van der Waals surface area contributed by atoms with Gasteiger partial charge in [0, 0.05) is 36.7 Å². The Labute approximate surface area is 155 Å². The minimum absolute atomic E-state index is 0.230. The third-order valence-electron chi connectivity index (χ3n) is 4.14. The fourth-order valence-electron chi connectivity index (χ4n) is 2.90. The number of aromatic amines is 1. The van der Waals surface area contributed by atoms with E-state index in [9.17, 15) is 0 Å². The number of hydrogen-bond acceptors (Lipinski definition) is 5. The number of nitrogens with one attached hydrogen (secondary N) is 2. The zero-order valence-electron chi connectivity index (χ0n) is 14.8. The Hall–Kier alpha value is -3.65. The summed E-state index contributed by atoms with van der Waals surface area (Å²) in [6.07, 6.45) is 10.6. The molecule has 0 saturated carbocycles. The van der Waals surface area contributed by atoms with E-state index in [4.69, 9.17) is 10.5 Å². The second-order valence-electron chi connectivity index (χ2n) is 5.92. The van der Waals surface area contributed by atoms with E-state index in [2.05, 4.69) is 37.6 Å². The van der Waals surface area contributed by atoms with Crippen molar-refractivity contribution in [3.8, 4) is 11.1 Å². The molecule has 0 aliphatic heterocycles. The molecule has 27 heavy (non-hydrogen) atoms. The summed E-state index contributed by atoms with van der Waals surface area (Å²) in [6.45, 7) is 0.230. The van der Waals surface area contributed by atoms with E-state index >= 15 is 0 Å². The number of hydrogen-bond donors (Lipinski definition) is 3. The van der Waals surface area contributed by atoms with Crippen LogP contribution in [0.2, 0.25) is 0 Å². The van der Waals surface area contributed by atoms with Crippen molar-refractivity contribution in [1.82, 2.24) is 19.6 Å². The van der Waals surface area contributed by atoms with Gasteiger partial charge >= 0.3 is 0 Å². The fourth-order valence-corrected chi connectivity index (χ4v) is 2.90. The minimum atomic E-state index is 0.230. The lowest BCUT2D eigenvalue weighted by atomic mass is 10.1. The van der Waals surface area contributed by atoms with Crippen LogP contribution in [0.3, 0.4) is 0 Å². The highest BCUT2D eigenvalue weighted by molar-refractivity contribution is 6.06. The second kappa shape index (κ2) is 7.30. The molecule has 0 aliphatic rings. The van der Waals surface area contributed by atoms with Crippen molar-refractivity contribution in [3.05, 3.63) is 61.3 Å². The summed E-state index contributed by atoms with van der Waals surface area (Å²) in [4.78, 5) is 8.75. The fraction of sp³-hybridized carbons (Fsp3) is 0.105. The summed E-state index contributed by atoms with van der Waals surface area (Å²) in [5, 5.41) is 11.4. The Morgan fingerprint density at radius 3 is 3.15 bits per heavy atom. The third-order valence-corrected chi connectivity index (χ3v) is 4.14. The first kappa shape index (κ1) is 16.8. The number of ether oxygens (including phenoxy) is 1. The van der Waals surface area contributed by atoms with Gasteiger partial charge in [-0.05, 0) is 30.0 Å². The zero-order valence-corrected chi connectivity index (χ0v) is 14.8. The normalized spacial score (nSPS) is 12.4. The van der Waals surface area contributed by atoms with Gasteiger partial charge in [0.25, 0.3) is 0 Å². The lowest BCUT2D eigenvalue weighted by Crippen LogP contribution is -2.12. The van der Waals surface area contributed by atoms with Gasteiger partial charge < -0.3 is 20.2 Å². The van der Waals surface area contributed by atoms with Gasteiger partial charge in [0.15, 0.2) is 5.65 Å². The Balaban J connectivity index is 1.79. The van der Waals surface area contributed by atoms with Crippen LogP contribution >= 0.6 is 0 Å². The summed E-state index contributed by atoms with van der Waals surface area (Å²) in [7, 11) is 1.59. The zero-order chi connectivity index (χ0) is 18.6. The molecule has 3 aromatic heterocycles. The molecule has 0 aliphatic carbocycles. The quantitative estimate of drug-likeness (QED) is 0.374. The second-order valence-corrected chi connectivity index (χ2v) is 5.92. The lowest BCUT2D eigenvalue weighted by Gasteiger charge is -2.11. The molecule has 0 bridgehead atoms. The van der Waals surface area contributed by atoms with Crippen LogP contribution in [-0.2, 0) is 4.74 Å². The Morgan fingerprint density at radius 2 is 2.30 bits per heavy atom. The number of rotatable bonds is 5. The molecule has 3 heterocycles. The molecule has 4 rings (SSSR count). The first-order valence-corrected chi connectivity index (χ1v) is 8.37. The van der Waals surface area contributed by atoms with Crippen molar-refractivity contribution in [3.63, 3.8) is 0 Å². The SMILES string of the molecule is COC/N=C(\C=C/N)Nc1cc(-c2ccc3cn[nH]c3c2)cn2ccnc12. The van der Waals surface area contributed by atoms with E-state index in [-0.39, 0.29) is 6.73 Å². The molecule has 4 N–H and O–H groups in total. The van der Waals surface area contributed by atoms with Gasteiger partial charge in [0.1, 0.15) is 12.6 Å². The highest BCUT2D eigenvalue weighted by Crippen LogP contribution is 2.28. The van der Waals surface area contributed by atoms with Crippen molar-refractivity contribution in [1.29, 1.82) is 0 Å². The number of H-pyrrole nitrogens is 1. The van der Waals surface area contributed by atoms with Crippen LogP contribution in [0.25, 0.3) is 27.7 Å². The van der Waals surface area contributed by atoms with E-state index in [0.29, 0.717) is 5.84 Å². The van der Waals surface area contributed by atoms with Gasteiger partial charge in [0.05, 0.1) is 17.4 Å². The molecule has 1 aromatic carbocycles. The molecule has 8 heteroatoms. The lowest BCUT2D eigenvalue weighted by molar-refractivity contribution is 0.209. The maximum absolute atomic E-state index is 5.54. The number of aromatic nitrogens is 4. The van der Waals surface area contributed by atoms with Gasteiger partial charge in [-0.1, -0.05) is 12.1 Å². The minimum Gasteiger partial charge on any atom is -0.404 e. The van der Waals surface area contributed by atoms with Crippen LogP contribution in [0.4, 0.5) is 5.69 Å². The van der Waals surface area contributed by atoms with Crippen LogP contribution in [0.5, 0.6) is 0 Å². The number of pyridine rings is 1. The number of imidazole rings is 1. The molecule has 0 unspecified atom stereocenters. The number of methoxy groups -OCH3 is 1. The molecule has 0 atom stereocenters. The average molecular weight is 361 g/mol. The third kappa shape index (κ3) is 3.38. The van der Waals surface area contributed by atoms with Crippen molar-refractivity contribution in [2.24, 2.45) is 10.7 Å². The Bertz CT molecular complexity index is 1140. The van der Waals surface area contributed by atoms with Crippen LogP contribution in [0, 0.1) is 0 Å². The molecule has 0 amide bonds.